The summed E-state index contributed by atoms with van der Waals surface area (Å²) < 4.78 is 0. The molecule has 1 amide bonds. The normalized spacial score (nSPS) is 12.1. The SMILES string of the molecule is CCCCc1ccc(C(=O)NCC(CCC)CCO)cc1. The van der Waals surface area contributed by atoms with E-state index in [9.17, 15) is 4.79 Å². The molecule has 0 saturated heterocycles. The van der Waals surface area contributed by atoms with E-state index in [4.69, 9.17) is 5.11 Å². The Morgan fingerprint density at radius 2 is 1.86 bits per heavy atom. The molecular weight excluding hydrogens is 262 g/mol. The third-order valence-electron chi connectivity index (χ3n) is 3.82. The summed E-state index contributed by atoms with van der Waals surface area (Å²) in [4.78, 5) is 12.1. The molecule has 1 aromatic rings. The third kappa shape index (κ3) is 6.76. The van der Waals surface area contributed by atoms with Gasteiger partial charge in [-0.2, -0.15) is 0 Å². The molecule has 3 nitrogen and oxygen atoms in total. The minimum absolute atomic E-state index is 0.0175. The van der Waals surface area contributed by atoms with E-state index in [1.54, 1.807) is 0 Å². The van der Waals surface area contributed by atoms with Gasteiger partial charge in [-0.05, 0) is 49.3 Å². The molecule has 0 aliphatic heterocycles. The molecule has 1 rings (SSSR count). The van der Waals surface area contributed by atoms with Gasteiger partial charge in [0.15, 0.2) is 0 Å². The lowest BCUT2D eigenvalue weighted by Gasteiger charge is -2.15. The summed E-state index contributed by atoms with van der Waals surface area (Å²) in [5, 5.41) is 12.0. The number of benzene rings is 1. The maximum Gasteiger partial charge on any atom is 0.251 e. The first kappa shape index (κ1) is 17.7. The predicted molar refractivity (Wildman–Crippen MR) is 87.5 cm³/mol. The molecule has 3 heteroatoms. The summed E-state index contributed by atoms with van der Waals surface area (Å²) in [6.07, 6.45) is 6.32. The molecule has 0 aliphatic carbocycles. The molecule has 21 heavy (non-hydrogen) atoms. The van der Waals surface area contributed by atoms with Crippen molar-refractivity contribution in [2.75, 3.05) is 13.2 Å². The number of hydrogen-bond acceptors (Lipinski definition) is 2. The van der Waals surface area contributed by atoms with Gasteiger partial charge in [0.1, 0.15) is 0 Å². The maximum absolute atomic E-state index is 12.1. The Kier molecular flexibility index (Phi) is 8.76. The van der Waals surface area contributed by atoms with Crippen molar-refractivity contribution >= 4 is 5.91 Å². The van der Waals surface area contributed by atoms with Crippen LogP contribution in [0.2, 0.25) is 0 Å². The van der Waals surface area contributed by atoms with Gasteiger partial charge in [-0.15, -0.1) is 0 Å². The average Bonchev–Trinajstić information content (AvgIpc) is 2.51. The number of aliphatic hydroxyl groups excluding tert-OH is 1. The van der Waals surface area contributed by atoms with Gasteiger partial charge in [-0.3, -0.25) is 4.79 Å². The van der Waals surface area contributed by atoms with Crippen LogP contribution in [0.5, 0.6) is 0 Å². The summed E-state index contributed by atoms with van der Waals surface area (Å²) in [5.74, 6) is 0.351. The lowest BCUT2D eigenvalue weighted by Crippen LogP contribution is -2.29. The Balaban J connectivity index is 2.47. The molecule has 1 aromatic carbocycles. The van der Waals surface area contributed by atoms with Gasteiger partial charge in [0.2, 0.25) is 0 Å². The predicted octanol–water partition coefficient (Wildman–Crippen LogP) is 3.56. The zero-order valence-electron chi connectivity index (χ0n) is 13.4. The second-order valence-electron chi connectivity index (χ2n) is 5.68. The van der Waals surface area contributed by atoms with Gasteiger partial charge in [-0.25, -0.2) is 0 Å². The van der Waals surface area contributed by atoms with E-state index in [-0.39, 0.29) is 12.5 Å². The second kappa shape index (κ2) is 10.4. The van der Waals surface area contributed by atoms with Crippen LogP contribution in [0, 0.1) is 5.92 Å². The Bertz CT molecular complexity index is 394. The smallest absolute Gasteiger partial charge is 0.251 e. The van der Waals surface area contributed by atoms with Crippen molar-refractivity contribution in [2.24, 2.45) is 5.92 Å². The number of nitrogens with one attached hydrogen (secondary N) is 1. The molecule has 0 bridgehead atoms. The second-order valence-corrected chi connectivity index (χ2v) is 5.68. The number of unbranched alkanes of at least 4 members (excludes halogenated alkanes) is 1. The van der Waals surface area contributed by atoms with Crippen molar-refractivity contribution in [3.63, 3.8) is 0 Å². The number of aryl methyl sites for hydroxylation is 1. The van der Waals surface area contributed by atoms with E-state index in [1.807, 2.05) is 24.3 Å². The number of hydrogen-bond donors (Lipinski definition) is 2. The Morgan fingerprint density at radius 1 is 1.14 bits per heavy atom. The zero-order valence-corrected chi connectivity index (χ0v) is 13.4. The van der Waals surface area contributed by atoms with Crippen molar-refractivity contribution in [1.29, 1.82) is 0 Å². The minimum atomic E-state index is -0.0175. The van der Waals surface area contributed by atoms with Crippen LogP contribution < -0.4 is 5.32 Å². The Hall–Kier alpha value is -1.35. The summed E-state index contributed by atoms with van der Waals surface area (Å²) in [5.41, 5.74) is 2.01. The topological polar surface area (TPSA) is 49.3 Å². The van der Waals surface area contributed by atoms with Crippen molar-refractivity contribution in [1.82, 2.24) is 5.32 Å². The third-order valence-corrected chi connectivity index (χ3v) is 3.82. The molecule has 0 saturated carbocycles. The summed E-state index contributed by atoms with van der Waals surface area (Å²) in [6, 6.07) is 7.89. The van der Waals surface area contributed by atoms with Crippen LogP contribution in [0.15, 0.2) is 24.3 Å². The lowest BCUT2D eigenvalue weighted by molar-refractivity contribution is 0.0943. The zero-order chi connectivity index (χ0) is 15.5. The number of amides is 1. The number of carbonyl (C=O) groups excluding carboxylic acids is 1. The molecular formula is C18H29NO2. The Morgan fingerprint density at radius 3 is 2.43 bits per heavy atom. The molecule has 0 fully saturated rings. The molecule has 0 aliphatic rings. The van der Waals surface area contributed by atoms with Gasteiger partial charge in [0, 0.05) is 18.7 Å². The monoisotopic (exact) mass is 291 g/mol. The highest BCUT2D eigenvalue weighted by atomic mass is 16.3. The van der Waals surface area contributed by atoms with Crippen molar-refractivity contribution in [2.45, 2.75) is 52.4 Å². The molecule has 0 spiro atoms. The quantitative estimate of drug-likeness (QED) is 0.692. The standard InChI is InChI=1S/C18H29NO2/c1-3-5-7-15-8-10-17(11-9-15)18(21)19-14-16(6-4-2)12-13-20/h8-11,16,20H,3-7,12-14H2,1-2H3,(H,19,21). The van der Waals surface area contributed by atoms with Crippen molar-refractivity contribution in [3.05, 3.63) is 35.4 Å². The maximum atomic E-state index is 12.1. The van der Waals surface area contributed by atoms with Gasteiger partial charge in [0.25, 0.3) is 5.91 Å². The molecule has 1 unspecified atom stereocenters. The number of aliphatic hydroxyl groups is 1. The van der Waals surface area contributed by atoms with E-state index in [1.165, 1.54) is 18.4 Å². The molecule has 2 N–H and O–H groups in total. The van der Waals surface area contributed by atoms with E-state index in [0.29, 0.717) is 12.5 Å². The lowest BCUT2D eigenvalue weighted by atomic mass is 10.00. The first-order valence-electron chi connectivity index (χ1n) is 8.19. The average molecular weight is 291 g/mol. The molecule has 1 atom stereocenters. The number of carbonyl (C=O) groups is 1. The molecule has 118 valence electrons. The molecule has 0 aromatic heterocycles. The van der Waals surface area contributed by atoms with Gasteiger partial charge >= 0.3 is 0 Å². The highest BCUT2D eigenvalue weighted by Gasteiger charge is 2.10. The van der Waals surface area contributed by atoms with E-state index in [0.717, 1.165) is 31.2 Å². The van der Waals surface area contributed by atoms with Crippen LogP contribution >= 0.6 is 0 Å². The summed E-state index contributed by atoms with van der Waals surface area (Å²) in [6.45, 7) is 5.14. The number of rotatable bonds is 10. The van der Waals surface area contributed by atoms with Gasteiger partial charge in [0.05, 0.1) is 0 Å². The van der Waals surface area contributed by atoms with Crippen LogP contribution in [0.1, 0.15) is 61.9 Å². The van der Waals surface area contributed by atoms with Gasteiger partial charge in [-0.1, -0.05) is 38.8 Å². The molecule has 0 radical (unpaired) electrons. The van der Waals surface area contributed by atoms with E-state index < -0.39 is 0 Å². The fourth-order valence-corrected chi connectivity index (χ4v) is 2.48. The van der Waals surface area contributed by atoms with Crippen LogP contribution in [0.4, 0.5) is 0 Å². The van der Waals surface area contributed by atoms with E-state index >= 15 is 0 Å². The first-order chi connectivity index (χ1) is 10.2. The van der Waals surface area contributed by atoms with Crippen LogP contribution in [0.25, 0.3) is 0 Å². The van der Waals surface area contributed by atoms with E-state index in [2.05, 4.69) is 19.2 Å². The summed E-state index contributed by atoms with van der Waals surface area (Å²) >= 11 is 0. The molecule has 0 heterocycles. The van der Waals surface area contributed by atoms with Crippen LogP contribution in [-0.2, 0) is 6.42 Å². The van der Waals surface area contributed by atoms with Crippen LogP contribution in [-0.4, -0.2) is 24.2 Å². The fraction of sp³-hybridized carbons (Fsp3) is 0.611. The first-order valence-corrected chi connectivity index (χ1v) is 8.19. The van der Waals surface area contributed by atoms with Crippen molar-refractivity contribution in [3.8, 4) is 0 Å². The fourth-order valence-electron chi connectivity index (χ4n) is 2.48. The minimum Gasteiger partial charge on any atom is -0.396 e. The van der Waals surface area contributed by atoms with Crippen LogP contribution in [0.3, 0.4) is 0 Å². The largest absolute Gasteiger partial charge is 0.396 e. The highest BCUT2D eigenvalue weighted by Crippen LogP contribution is 2.11. The highest BCUT2D eigenvalue weighted by molar-refractivity contribution is 5.94. The van der Waals surface area contributed by atoms with Crippen molar-refractivity contribution < 1.29 is 9.90 Å². The van der Waals surface area contributed by atoms with Gasteiger partial charge < -0.3 is 10.4 Å². The Labute approximate surface area is 128 Å². The summed E-state index contributed by atoms with van der Waals surface area (Å²) in [7, 11) is 0.